The average molecular weight is 431 g/mol. The van der Waals surface area contributed by atoms with Crippen molar-refractivity contribution in [2.75, 3.05) is 24.8 Å². The zero-order valence-electron chi connectivity index (χ0n) is 17.4. The van der Waals surface area contributed by atoms with Gasteiger partial charge in [-0.15, -0.1) is 10.2 Å². The van der Waals surface area contributed by atoms with Crippen LogP contribution in [0.1, 0.15) is 40.3 Å². The first-order chi connectivity index (χ1) is 13.9. The summed E-state index contributed by atoms with van der Waals surface area (Å²) in [6.45, 7) is 8.77. The van der Waals surface area contributed by atoms with Gasteiger partial charge in [-0.2, -0.15) is 0 Å². The van der Waals surface area contributed by atoms with Crippen LogP contribution in [0.3, 0.4) is 0 Å². The largest absolute Gasteiger partial charge is 0.383 e. The fourth-order valence-electron chi connectivity index (χ4n) is 3.42. The highest BCUT2D eigenvalue weighted by molar-refractivity contribution is 8.01. The normalized spacial score (nSPS) is 12.2. The number of aromatic nitrogens is 3. The number of carbonyl (C=O) groups is 1. The maximum absolute atomic E-state index is 12.8. The van der Waals surface area contributed by atoms with Crippen LogP contribution in [0.4, 0.5) is 10.8 Å². The summed E-state index contributed by atoms with van der Waals surface area (Å²) in [5, 5.41) is 12.4. The van der Waals surface area contributed by atoms with Gasteiger partial charge in [0.25, 0.3) is 0 Å². The molecule has 0 spiro atoms. The van der Waals surface area contributed by atoms with Crippen molar-refractivity contribution < 1.29 is 9.53 Å². The number of benzene rings is 1. The van der Waals surface area contributed by atoms with Crippen molar-refractivity contribution in [1.82, 2.24) is 14.8 Å². The van der Waals surface area contributed by atoms with E-state index < -0.39 is 0 Å². The minimum absolute atomic E-state index is 0.0994. The monoisotopic (exact) mass is 430 g/mol. The van der Waals surface area contributed by atoms with E-state index in [2.05, 4.69) is 33.1 Å². The van der Waals surface area contributed by atoms with Gasteiger partial charge >= 0.3 is 0 Å². The summed E-state index contributed by atoms with van der Waals surface area (Å²) in [6.07, 6.45) is 0. The van der Waals surface area contributed by atoms with E-state index in [4.69, 9.17) is 4.74 Å². The van der Waals surface area contributed by atoms with E-state index in [-0.39, 0.29) is 11.8 Å². The van der Waals surface area contributed by atoms with Crippen LogP contribution in [0.15, 0.2) is 34.7 Å². The van der Waals surface area contributed by atoms with Crippen LogP contribution >= 0.6 is 23.1 Å². The van der Waals surface area contributed by atoms with Crippen LogP contribution in [-0.2, 0) is 4.74 Å². The highest BCUT2D eigenvalue weighted by Gasteiger charge is 2.19. The lowest BCUT2D eigenvalue weighted by Crippen LogP contribution is -2.14. The second-order valence-corrected chi connectivity index (χ2v) is 9.24. The number of hydrogen-bond acceptors (Lipinski definition) is 7. The third-order valence-corrected chi connectivity index (χ3v) is 6.61. The number of nitrogens with zero attached hydrogens (tertiary/aromatic N) is 3. The quantitative estimate of drug-likeness (QED) is 0.372. The second kappa shape index (κ2) is 9.56. The van der Waals surface area contributed by atoms with Gasteiger partial charge in [-0.05, 0) is 51.5 Å². The number of nitrogens with one attached hydrogen (secondary N) is 1. The molecule has 0 fully saturated rings. The van der Waals surface area contributed by atoms with Crippen LogP contribution in [0.2, 0.25) is 0 Å². The van der Waals surface area contributed by atoms with Crippen molar-refractivity contribution in [2.45, 2.75) is 38.1 Å². The van der Waals surface area contributed by atoms with Gasteiger partial charge in [-0.3, -0.25) is 4.79 Å². The smallest absolute Gasteiger partial charge is 0.210 e. The standard InChI is InChI=1S/C21H26N4O2S2/c1-13-7-6-8-17(9-13)22-20-23-24-21(29-20)28-12-19(26)18-10-14(2)25(16(18)4)15(3)11-27-5/h6-10,15H,11-12H2,1-5H3,(H,22,23). The Morgan fingerprint density at radius 3 is 2.79 bits per heavy atom. The zero-order chi connectivity index (χ0) is 21.0. The lowest BCUT2D eigenvalue weighted by atomic mass is 10.2. The first-order valence-corrected chi connectivity index (χ1v) is 11.2. The van der Waals surface area contributed by atoms with Crippen LogP contribution in [0.5, 0.6) is 0 Å². The van der Waals surface area contributed by atoms with Gasteiger partial charge in [0.2, 0.25) is 5.13 Å². The first-order valence-electron chi connectivity index (χ1n) is 9.39. The van der Waals surface area contributed by atoms with Gasteiger partial charge in [-0.1, -0.05) is 35.2 Å². The van der Waals surface area contributed by atoms with E-state index in [0.717, 1.165) is 32.1 Å². The molecule has 0 saturated carbocycles. The number of thioether (sulfide) groups is 1. The first kappa shape index (κ1) is 21.5. The highest BCUT2D eigenvalue weighted by Crippen LogP contribution is 2.29. The summed E-state index contributed by atoms with van der Waals surface area (Å²) in [5.41, 5.74) is 4.97. The van der Waals surface area contributed by atoms with Crippen LogP contribution in [-0.4, -0.2) is 40.0 Å². The van der Waals surface area contributed by atoms with Crippen molar-refractivity contribution in [3.8, 4) is 0 Å². The molecule has 0 aliphatic carbocycles. The van der Waals surface area contributed by atoms with E-state index in [0.29, 0.717) is 12.4 Å². The lowest BCUT2D eigenvalue weighted by Gasteiger charge is -2.17. The van der Waals surface area contributed by atoms with Gasteiger partial charge in [0.05, 0.1) is 18.4 Å². The Morgan fingerprint density at radius 1 is 1.28 bits per heavy atom. The Labute approximate surface area is 179 Å². The van der Waals surface area contributed by atoms with E-state index in [1.54, 1.807) is 7.11 Å². The van der Waals surface area contributed by atoms with Crippen LogP contribution in [0, 0.1) is 20.8 Å². The summed E-state index contributed by atoms with van der Waals surface area (Å²) in [4.78, 5) is 12.8. The number of hydrogen-bond donors (Lipinski definition) is 1. The molecule has 154 valence electrons. The number of aryl methyl sites for hydroxylation is 2. The Balaban J connectivity index is 1.63. The Hall–Kier alpha value is -2.16. The SMILES string of the molecule is COCC(C)n1c(C)cc(C(=O)CSc2nnc(Nc3cccc(C)c3)s2)c1C. The molecule has 0 bridgehead atoms. The second-order valence-electron chi connectivity index (χ2n) is 7.04. The number of methoxy groups -OCH3 is 1. The highest BCUT2D eigenvalue weighted by atomic mass is 32.2. The number of Topliss-reactive ketones (excluding diaryl/α,β-unsaturated/α-hetero) is 1. The van der Waals surface area contributed by atoms with Crippen LogP contribution < -0.4 is 5.32 Å². The molecule has 3 aromatic rings. The van der Waals surface area contributed by atoms with Crippen molar-refractivity contribution in [2.24, 2.45) is 0 Å². The summed E-state index contributed by atoms with van der Waals surface area (Å²) >= 11 is 2.87. The molecule has 1 atom stereocenters. The number of rotatable bonds is 9. The number of ether oxygens (including phenoxy) is 1. The van der Waals surface area contributed by atoms with E-state index in [9.17, 15) is 4.79 Å². The Bertz CT molecular complexity index is 996. The molecule has 0 amide bonds. The summed E-state index contributed by atoms with van der Waals surface area (Å²) in [7, 11) is 1.69. The average Bonchev–Trinajstić information content (AvgIpc) is 3.23. The summed E-state index contributed by atoms with van der Waals surface area (Å²) in [5.74, 6) is 0.435. The van der Waals surface area contributed by atoms with E-state index in [1.165, 1.54) is 28.7 Å². The molecular formula is C21H26N4O2S2. The zero-order valence-corrected chi connectivity index (χ0v) is 19.0. The van der Waals surface area contributed by atoms with Gasteiger partial charge in [0, 0.05) is 29.7 Å². The minimum atomic E-state index is 0.0994. The molecule has 1 unspecified atom stereocenters. The molecule has 1 N–H and O–H groups in total. The lowest BCUT2D eigenvalue weighted by molar-refractivity contribution is 0.102. The molecule has 0 saturated heterocycles. The Kier molecular flexibility index (Phi) is 7.10. The number of ketones is 1. The molecule has 1 aromatic carbocycles. The maximum atomic E-state index is 12.8. The molecule has 8 heteroatoms. The molecule has 3 rings (SSSR count). The van der Waals surface area contributed by atoms with Crippen molar-refractivity contribution >= 4 is 39.7 Å². The van der Waals surface area contributed by atoms with Crippen LogP contribution in [0.25, 0.3) is 0 Å². The third kappa shape index (κ3) is 5.26. The molecular weight excluding hydrogens is 404 g/mol. The fourth-order valence-corrected chi connectivity index (χ4v) is 5.08. The summed E-state index contributed by atoms with van der Waals surface area (Å²) < 4.78 is 8.20. The predicted molar refractivity (Wildman–Crippen MR) is 120 cm³/mol. The predicted octanol–water partition coefficient (Wildman–Crippen LogP) is 5.19. The maximum Gasteiger partial charge on any atom is 0.210 e. The van der Waals surface area contributed by atoms with Gasteiger partial charge in [0.15, 0.2) is 10.1 Å². The Morgan fingerprint density at radius 2 is 2.07 bits per heavy atom. The molecule has 0 radical (unpaired) electrons. The third-order valence-electron chi connectivity index (χ3n) is 4.64. The number of anilines is 2. The van der Waals surface area contributed by atoms with Crippen molar-refractivity contribution in [3.63, 3.8) is 0 Å². The minimum Gasteiger partial charge on any atom is -0.383 e. The summed E-state index contributed by atoms with van der Waals surface area (Å²) in [6, 6.07) is 10.2. The van der Waals surface area contributed by atoms with Gasteiger partial charge in [-0.25, -0.2) is 0 Å². The molecule has 29 heavy (non-hydrogen) atoms. The topological polar surface area (TPSA) is 69.0 Å². The van der Waals surface area contributed by atoms with Gasteiger partial charge in [0.1, 0.15) is 0 Å². The van der Waals surface area contributed by atoms with Crippen molar-refractivity contribution in [3.05, 3.63) is 52.8 Å². The van der Waals surface area contributed by atoms with E-state index in [1.807, 2.05) is 45.0 Å². The number of carbonyl (C=O) groups excluding carboxylic acids is 1. The van der Waals surface area contributed by atoms with E-state index >= 15 is 0 Å². The fraction of sp³-hybridized carbons (Fsp3) is 0.381. The molecule has 0 aliphatic rings. The van der Waals surface area contributed by atoms with Gasteiger partial charge < -0.3 is 14.6 Å². The molecule has 2 heterocycles. The molecule has 0 aliphatic heterocycles. The molecule has 2 aromatic heterocycles. The van der Waals surface area contributed by atoms with Crippen molar-refractivity contribution in [1.29, 1.82) is 0 Å². The molecule has 6 nitrogen and oxygen atoms in total.